The summed E-state index contributed by atoms with van der Waals surface area (Å²) in [5, 5.41) is 3.10. The molecule has 0 saturated carbocycles. The minimum Gasteiger partial charge on any atom is -0.368 e. The Kier molecular flexibility index (Phi) is 4.43. The van der Waals surface area contributed by atoms with E-state index < -0.39 is 6.04 Å². The van der Waals surface area contributed by atoms with Gasteiger partial charge in [0.2, 0.25) is 5.91 Å². The van der Waals surface area contributed by atoms with E-state index >= 15 is 0 Å². The number of halogens is 1. The Balaban J connectivity index is 2.74. The zero-order valence-corrected chi connectivity index (χ0v) is 9.53. The maximum atomic E-state index is 12.8. The summed E-state index contributed by atoms with van der Waals surface area (Å²) >= 11 is 0. The Labute approximate surface area is 94.8 Å². The molecule has 0 heterocycles. The monoisotopic (exact) mass is 224 g/mol. The number of hydrogen-bond donors (Lipinski definition) is 2. The second-order valence-corrected chi connectivity index (χ2v) is 3.80. The summed E-state index contributed by atoms with van der Waals surface area (Å²) in [6.07, 6.45) is 0.809. The number of carbonyl (C=O) groups excluding carboxylic acids is 1. The number of amides is 1. The minimum atomic E-state index is -0.394. The van der Waals surface area contributed by atoms with Crippen LogP contribution in [0.5, 0.6) is 0 Å². The van der Waals surface area contributed by atoms with Crippen molar-refractivity contribution in [2.45, 2.75) is 32.4 Å². The second kappa shape index (κ2) is 5.61. The van der Waals surface area contributed by atoms with Gasteiger partial charge in [-0.15, -0.1) is 0 Å². The third-order valence-electron chi connectivity index (χ3n) is 2.56. The molecular weight excluding hydrogens is 207 g/mol. The number of rotatable bonds is 5. The normalized spacial score (nSPS) is 14.4. The van der Waals surface area contributed by atoms with Crippen molar-refractivity contribution in [1.82, 2.24) is 5.32 Å². The molecule has 1 aromatic rings. The van der Waals surface area contributed by atoms with E-state index in [4.69, 9.17) is 5.73 Å². The predicted octanol–water partition coefficient (Wildman–Crippen LogP) is 1.74. The van der Waals surface area contributed by atoms with Crippen LogP contribution in [0.25, 0.3) is 0 Å². The lowest BCUT2D eigenvalue weighted by Gasteiger charge is -2.20. The Morgan fingerprint density at radius 3 is 2.44 bits per heavy atom. The first-order valence-electron chi connectivity index (χ1n) is 5.35. The molecule has 2 unspecified atom stereocenters. The number of primary amides is 1. The zero-order valence-electron chi connectivity index (χ0n) is 9.53. The molecule has 1 rings (SSSR count). The van der Waals surface area contributed by atoms with Crippen molar-refractivity contribution in [3.8, 4) is 0 Å². The first-order chi connectivity index (χ1) is 7.54. The van der Waals surface area contributed by atoms with Crippen LogP contribution in [-0.4, -0.2) is 11.9 Å². The smallest absolute Gasteiger partial charge is 0.234 e. The summed E-state index contributed by atoms with van der Waals surface area (Å²) in [6.45, 7) is 3.71. The van der Waals surface area contributed by atoms with Gasteiger partial charge in [-0.05, 0) is 31.0 Å². The maximum Gasteiger partial charge on any atom is 0.234 e. The van der Waals surface area contributed by atoms with Crippen LogP contribution in [0.1, 0.15) is 31.9 Å². The molecule has 0 spiro atoms. The Morgan fingerprint density at radius 1 is 1.44 bits per heavy atom. The first-order valence-corrected chi connectivity index (χ1v) is 5.35. The summed E-state index contributed by atoms with van der Waals surface area (Å²) in [4.78, 5) is 10.9. The van der Waals surface area contributed by atoms with Crippen LogP contribution in [0.15, 0.2) is 24.3 Å². The van der Waals surface area contributed by atoms with E-state index in [1.807, 2.05) is 6.92 Å². The molecule has 3 N–H and O–H groups in total. The van der Waals surface area contributed by atoms with Crippen molar-refractivity contribution in [3.63, 3.8) is 0 Å². The van der Waals surface area contributed by atoms with Crippen molar-refractivity contribution in [1.29, 1.82) is 0 Å². The van der Waals surface area contributed by atoms with Crippen LogP contribution < -0.4 is 11.1 Å². The van der Waals surface area contributed by atoms with E-state index in [1.165, 1.54) is 12.1 Å². The SMILES string of the molecule is CCC(NC(C)C(N)=O)c1ccc(F)cc1. The molecule has 0 aliphatic rings. The fourth-order valence-electron chi connectivity index (χ4n) is 1.53. The zero-order chi connectivity index (χ0) is 12.1. The molecule has 0 saturated heterocycles. The first kappa shape index (κ1) is 12.6. The number of benzene rings is 1. The minimum absolute atomic E-state index is 0.0168. The molecule has 0 radical (unpaired) electrons. The predicted molar refractivity (Wildman–Crippen MR) is 61.2 cm³/mol. The van der Waals surface area contributed by atoms with Gasteiger partial charge in [0.05, 0.1) is 6.04 Å². The van der Waals surface area contributed by atoms with Crippen LogP contribution in [-0.2, 0) is 4.79 Å². The number of nitrogens with two attached hydrogens (primary N) is 1. The standard InChI is InChI=1S/C12H17FN2O/c1-3-11(15-8(2)12(14)16)9-4-6-10(13)7-5-9/h4-8,11,15H,3H2,1-2H3,(H2,14,16). The third kappa shape index (κ3) is 3.31. The van der Waals surface area contributed by atoms with Crippen LogP contribution in [0.2, 0.25) is 0 Å². The molecule has 0 fully saturated rings. The van der Waals surface area contributed by atoms with E-state index in [1.54, 1.807) is 19.1 Å². The van der Waals surface area contributed by atoms with Gasteiger partial charge in [-0.1, -0.05) is 19.1 Å². The van der Waals surface area contributed by atoms with E-state index in [0.717, 1.165) is 12.0 Å². The molecule has 88 valence electrons. The number of nitrogens with one attached hydrogen (secondary N) is 1. The molecule has 0 aromatic heterocycles. The maximum absolute atomic E-state index is 12.8. The van der Waals surface area contributed by atoms with Crippen molar-refractivity contribution in [2.75, 3.05) is 0 Å². The highest BCUT2D eigenvalue weighted by atomic mass is 19.1. The van der Waals surface area contributed by atoms with E-state index in [-0.39, 0.29) is 17.8 Å². The van der Waals surface area contributed by atoms with Gasteiger partial charge in [0.15, 0.2) is 0 Å². The highest BCUT2D eigenvalue weighted by molar-refractivity contribution is 5.79. The largest absolute Gasteiger partial charge is 0.368 e. The summed E-state index contributed by atoms with van der Waals surface area (Å²) in [6, 6.07) is 5.87. The van der Waals surface area contributed by atoms with Crippen LogP contribution in [0.3, 0.4) is 0 Å². The summed E-state index contributed by atoms with van der Waals surface area (Å²) in [5.41, 5.74) is 6.14. The lowest BCUT2D eigenvalue weighted by molar-refractivity contribution is -0.119. The Morgan fingerprint density at radius 2 is 2.00 bits per heavy atom. The molecular formula is C12H17FN2O. The molecule has 2 atom stereocenters. The van der Waals surface area contributed by atoms with E-state index in [0.29, 0.717) is 0 Å². The van der Waals surface area contributed by atoms with Crippen LogP contribution in [0, 0.1) is 5.82 Å². The van der Waals surface area contributed by atoms with Crippen molar-refractivity contribution >= 4 is 5.91 Å². The molecule has 4 heteroatoms. The summed E-state index contributed by atoms with van der Waals surface area (Å²) in [5.74, 6) is -0.651. The average molecular weight is 224 g/mol. The van der Waals surface area contributed by atoms with Gasteiger partial charge in [-0.2, -0.15) is 0 Å². The molecule has 0 bridgehead atoms. The second-order valence-electron chi connectivity index (χ2n) is 3.80. The number of carbonyl (C=O) groups is 1. The van der Waals surface area contributed by atoms with Gasteiger partial charge in [-0.3, -0.25) is 10.1 Å². The molecule has 1 amide bonds. The molecule has 16 heavy (non-hydrogen) atoms. The highest BCUT2D eigenvalue weighted by Crippen LogP contribution is 2.17. The van der Waals surface area contributed by atoms with E-state index in [2.05, 4.69) is 5.32 Å². The van der Waals surface area contributed by atoms with Gasteiger partial charge in [0.1, 0.15) is 5.82 Å². The van der Waals surface area contributed by atoms with Gasteiger partial charge < -0.3 is 5.73 Å². The van der Waals surface area contributed by atoms with Crippen LogP contribution >= 0.6 is 0 Å². The fourth-order valence-corrected chi connectivity index (χ4v) is 1.53. The van der Waals surface area contributed by atoms with Crippen molar-refractivity contribution in [2.24, 2.45) is 5.73 Å². The third-order valence-corrected chi connectivity index (χ3v) is 2.56. The molecule has 1 aromatic carbocycles. The average Bonchev–Trinajstić information content (AvgIpc) is 2.26. The lowest BCUT2D eigenvalue weighted by atomic mass is 10.0. The molecule has 3 nitrogen and oxygen atoms in total. The quantitative estimate of drug-likeness (QED) is 0.800. The molecule has 0 aliphatic carbocycles. The summed E-state index contributed by atoms with van der Waals surface area (Å²) < 4.78 is 12.8. The lowest BCUT2D eigenvalue weighted by Crippen LogP contribution is -2.40. The topological polar surface area (TPSA) is 55.1 Å². The van der Waals surface area contributed by atoms with Crippen molar-refractivity contribution < 1.29 is 9.18 Å². The van der Waals surface area contributed by atoms with Crippen LogP contribution in [0.4, 0.5) is 4.39 Å². The van der Waals surface area contributed by atoms with Gasteiger partial charge >= 0.3 is 0 Å². The molecule has 0 aliphatic heterocycles. The van der Waals surface area contributed by atoms with Gasteiger partial charge in [0.25, 0.3) is 0 Å². The Hall–Kier alpha value is -1.42. The Bertz CT molecular complexity index is 351. The van der Waals surface area contributed by atoms with Crippen molar-refractivity contribution in [3.05, 3.63) is 35.6 Å². The van der Waals surface area contributed by atoms with E-state index in [9.17, 15) is 9.18 Å². The van der Waals surface area contributed by atoms with Gasteiger partial charge in [-0.25, -0.2) is 4.39 Å². The van der Waals surface area contributed by atoms with Gasteiger partial charge in [0, 0.05) is 6.04 Å². The fraction of sp³-hybridized carbons (Fsp3) is 0.417. The summed E-state index contributed by atoms with van der Waals surface area (Å²) in [7, 11) is 0. The highest BCUT2D eigenvalue weighted by Gasteiger charge is 2.15. The number of hydrogen-bond acceptors (Lipinski definition) is 2.